The standard InChI is InChI=1S/C21H25NO6/c1-4-5-12-27-21(24)15-10-11-18(19(13-15)26-3)28-14-20(23)22-16-8-6-7-9-17(16)25-2/h6-11,13H,4-5,12,14H2,1-3H3,(H,22,23). The molecule has 0 radical (unpaired) electrons. The second-order valence-electron chi connectivity index (χ2n) is 5.89. The van der Waals surface area contributed by atoms with Gasteiger partial charge in [-0.15, -0.1) is 0 Å². The molecule has 2 aromatic carbocycles. The van der Waals surface area contributed by atoms with Gasteiger partial charge in [0, 0.05) is 0 Å². The zero-order valence-corrected chi connectivity index (χ0v) is 16.3. The summed E-state index contributed by atoms with van der Waals surface area (Å²) in [6.45, 7) is 2.17. The molecule has 7 heteroatoms. The SMILES string of the molecule is CCCCOC(=O)c1ccc(OCC(=O)Nc2ccccc2OC)c(OC)c1. The second-order valence-corrected chi connectivity index (χ2v) is 5.89. The van der Waals surface area contributed by atoms with Crippen LogP contribution in [-0.2, 0) is 9.53 Å². The molecule has 28 heavy (non-hydrogen) atoms. The Morgan fingerprint density at radius 2 is 1.71 bits per heavy atom. The van der Waals surface area contributed by atoms with Crippen LogP contribution in [0.25, 0.3) is 0 Å². The molecule has 0 saturated heterocycles. The van der Waals surface area contributed by atoms with Gasteiger partial charge >= 0.3 is 5.97 Å². The van der Waals surface area contributed by atoms with Crippen molar-refractivity contribution < 1.29 is 28.5 Å². The Hall–Kier alpha value is -3.22. The van der Waals surface area contributed by atoms with Gasteiger partial charge < -0.3 is 24.3 Å². The lowest BCUT2D eigenvalue weighted by molar-refractivity contribution is -0.118. The van der Waals surface area contributed by atoms with E-state index in [2.05, 4.69) is 5.32 Å². The van der Waals surface area contributed by atoms with Crippen molar-refractivity contribution in [3.63, 3.8) is 0 Å². The summed E-state index contributed by atoms with van der Waals surface area (Å²) in [5.74, 6) is 0.471. The number of methoxy groups -OCH3 is 2. The first kappa shape index (κ1) is 21.1. The molecule has 2 aromatic rings. The molecule has 0 aliphatic rings. The number of para-hydroxylation sites is 2. The maximum absolute atomic E-state index is 12.2. The van der Waals surface area contributed by atoms with Crippen molar-refractivity contribution >= 4 is 17.6 Å². The number of rotatable bonds is 10. The first-order valence-corrected chi connectivity index (χ1v) is 8.99. The average molecular weight is 387 g/mol. The Bertz CT molecular complexity index is 805. The molecule has 0 saturated carbocycles. The molecular formula is C21H25NO6. The van der Waals surface area contributed by atoms with Gasteiger partial charge in [0.2, 0.25) is 0 Å². The number of ether oxygens (including phenoxy) is 4. The fourth-order valence-electron chi connectivity index (χ4n) is 2.38. The summed E-state index contributed by atoms with van der Waals surface area (Å²) in [6, 6.07) is 11.8. The van der Waals surface area contributed by atoms with Gasteiger partial charge in [0.25, 0.3) is 5.91 Å². The summed E-state index contributed by atoms with van der Waals surface area (Å²) in [5, 5.41) is 2.72. The van der Waals surface area contributed by atoms with E-state index < -0.39 is 5.97 Å². The predicted octanol–water partition coefficient (Wildman–Crippen LogP) is 3.68. The van der Waals surface area contributed by atoms with E-state index in [1.54, 1.807) is 30.3 Å². The highest BCUT2D eigenvalue weighted by Gasteiger charge is 2.14. The molecule has 0 bridgehead atoms. The molecule has 0 spiro atoms. The van der Waals surface area contributed by atoms with E-state index in [0.29, 0.717) is 35.1 Å². The lowest BCUT2D eigenvalue weighted by Crippen LogP contribution is -2.20. The summed E-state index contributed by atoms with van der Waals surface area (Å²) < 4.78 is 21.2. The Morgan fingerprint density at radius 3 is 2.43 bits per heavy atom. The highest BCUT2D eigenvalue weighted by Crippen LogP contribution is 2.29. The van der Waals surface area contributed by atoms with Crippen LogP contribution in [-0.4, -0.2) is 39.3 Å². The zero-order chi connectivity index (χ0) is 20.4. The number of carbonyl (C=O) groups is 2. The molecule has 0 atom stereocenters. The molecule has 7 nitrogen and oxygen atoms in total. The summed E-state index contributed by atoms with van der Waals surface area (Å²) in [6.07, 6.45) is 1.76. The average Bonchev–Trinajstić information content (AvgIpc) is 2.72. The van der Waals surface area contributed by atoms with E-state index in [4.69, 9.17) is 18.9 Å². The number of hydrogen-bond acceptors (Lipinski definition) is 6. The summed E-state index contributed by atoms with van der Waals surface area (Å²) in [5.41, 5.74) is 0.912. The summed E-state index contributed by atoms with van der Waals surface area (Å²) >= 11 is 0. The number of hydrogen-bond donors (Lipinski definition) is 1. The van der Waals surface area contributed by atoms with E-state index in [1.165, 1.54) is 20.3 Å². The van der Waals surface area contributed by atoms with Gasteiger partial charge in [-0.3, -0.25) is 4.79 Å². The molecule has 0 aromatic heterocycles. The monoisotopic (exact) mass is 387 g/mol. The smallest absolute Gasteiger partial charge is 0.338 e. The van der Waals surface area contributed by atoms with Crippen molar-refractivity contribution in [3.8, 4) is 17.2 Å². The Kier molecular flexibility index (Phi) is 8.14. The van der Waals surface area contributed by atoms with Crippen molar-refractivity contribution in [2.75, 3.05) is 32.8 Å². The van der Waals surface area contributed by atoms with Crippen molar-refractivity contribution in [1.82, 2.24) is 0 Å². The predicted molar refractivity (Wildman–Crippen MR) is 105 cm³/mol. The van der Waals surface area contributed by atoms with Crippen LogP contribution in [0.4, 0.5) is 5.69 Å². The molecule has 1 amide bonds. The molecule has 1 N–H and O–H groups in total. The maximum atomic E-state index is 12.2. The second kappa shape index (κ2) is 10.8. The number of nitrogens with one attached hydrogen (secondary N) is 1. The van der Waals surface area contributed by atoms with E-state index in [0.717, 1.165) is 12.8 Å². The van der Waals surface area contributed by atoms with Gasteiger partial charge in [0.15, 0.2) is 18.1 Å². The summed E-state index contributed by atoms with van der Waals surface area (Å²) in [7, 11) is 2.99. The van der Waals surface area contributed by atoms with Gasteiger partial charge in [-0.1, -0.05) is 25.5 Å². The first-order chi connectivity index (χ1) is 13.6. The normalized spacial score (nSPS) is 10.1. The van der Waals surface area contributed by atoms with E-state index in [-0.39, 0.29) is 12.5 Å². The van der Waals surface area contributed by atoms with Gasteiger partial charge in [-0.05, 0) is 36.8 Å². The van der Waals surface area contributed by atoms with Crippen LogP contribution in [0.5, 0.6) is 17.2 Å². The number of unbranched alkanes of at least 4 members (excludes halogenated alkanes) is 1. The van der Waals surface area contributed by atoms with Crippen LogP contribution in [0.1, 0.15) is 30.1 Å². The molecule has 2 rings (SSSR count). The van der Waals surface area contributed by atoms with Crippen molar-refractivity contribution in [2.24, 2.45) is 0 Å². The minimum absolute atomic E-state index is 0.227. The minimum atomic E-state index is -0.424. The number of anilines is 1. The highest BCUT2D eigenvalue weighted by molar-refractivity contribution is 5.93. The lowest BCUT2D eigenvalue weighted by Gasteiger charge is -2.13. The number of benzene rings is 2. The molecule has 0 unspecified atom stereocenters. The first-order valence-electron chi connectivity index (χ1n) is 8.99. The topological polar surface area (TPSA) is 83.1 Å². The van der Waals surface area contributed by atoms with E-state index in [1.807, 2.05) is 13.0 Å². The number of carbonyl (C=O) groups excluding carboxylic acids is 2. The highest BCUT2D eigenvalue weighted by atomic mass is 16.5. The fraction of sp³-hybridized carbons (Fsp3) is 0.333. The molecular weight excluding hydrogens is 362 g/mol. The van der Waals surface area contributed by atoms with Gasteiger partial charge in [0.05, 0.1) is 32.1 Å². The van der Waals surface area contributed by atoms with Gasteiger partial charge in [-0.25, -0.2) is 4.79 Å². The third-order valence-corrected chi connectivity index (χ3v) is 3.87. The largest absolute Gasteiger partial charge is 0.495 e. The van der Waals surface area contributed by atoms with Gasteiger partial charge in [-0.2, -0.15) is 0 Å². The van der Waals surface area contributed by atoms with Crippen LogP contribution < -0.4 is 19.5 Å². The quantitative estimate of drug-likeness (QED) is 0.495. The van der Waals surface area contributed by atoms with Crippen molar-refractivity contribution in [2.45, 2.75) is 19.8 Å². The molecule has 0 aliphatic carbocycles. The van der Waals surface area contributed by atoms with Gasteiger partial charge in [0.1, 0.15) is 5.75 Å². The Labute approximate surface area is 164 Å². The zero-order valence-electron chi connectivity index (χ0n) is 16.3. The lowest BCUT2D eigenvalue weighted by atomic mass is 10.2. The van der Waals surface area contributed by atoms with Crippen LogP contribution in [0, 0.1) is 0 Å². The Morgan fingerprint density at radius 1 is 0.964 bits per heavy atom. The van der Waals surface area contributed by atoms with Crippen molar-refractivity contribution in [1.29, 1.82) is 0 Å². The third kappa shape index (κ3) is 5.90. The summed E-state index contributed by atoms with van der Waals surface area (Å²) in [4.78, 5) is 24.2. The van der Waals surface area contributed by atoms with Crippen LogP contribution in [0.3, 0.4) is 0 Å². The van der Waals surface area contributed by atoms with E-state index in [9.17, 15) is 9.59 Å². The number of esters is 1. The van der Waals surface area contributed by atoms with Crippen LogP contribution in [0.15, 0.2) is 42.5 Å². The molecule has 0 fully saturated rings. The molecule has 0 heterocycles. The fourth-order valence-corrected chi connectivity index (χ4v) is 2.38. The minimum Gasteiger partial charge on any atom is -0.495 e. The van der Waals surface area contributed by atoms with Crippen molar-refractivity contribution in [3.05, 3.63) is 48.0 Å². The maximum Gasteiger partial charge on any atom is 0.338 e. The van der Waals surface area contributed by atoms with Crippen LogP contribution >= 0.6 is 0 Å². The van der Waals surface area contributed by atoms with E-state index >= 15 is 0 Å². The third-order valence-electron chi connectivity index (χ3n) is 3.87. The van der Waals surface area contributed by atoms with Crippen LogP contribution in [0.2, 0.25) is 0 Å². The molecule has 150 valence electrons. The molecule has 0 aliphatic heterocycles. The number of amides is 1. The Balaban J connectivity index is 1.97.